The third kappa shape index (κ3) is 16.4. The second-order valence-corrected chi connectivity index (χ2v) is 28.2. The number of nitrogens with zero attached hydrogens (tertiary/aromatic N) is 7. The van der Waals surface area contributed by atoms with Gasteiger partial charge in [0.2, 0.25) is 0 Å². The number of H-pyrrole nitrogens is 2. The van der Waals surface area contributed by atoms with Crippen LogP contribution in [0, 0.1) is 36.5 Å². The molecule has 12 bridgehead atoms. The number of halogens is 1. The summed E-state index contributed by atoms with van der Waals surface area (Å²) < 4.78 is 12.9. The number of ether oxygens (including phenoxy) is 2. The van der Waals surface area contributed by atoms with Crippen LogP contribution in [0.3, 0.4) is 0 Å². The van der Waals surface area contributed by atoms with Crippen molar-refractivity contribution >= 4 is 57.2 Å². The summed E-state index contributed by atoms with van der Waals surface area (Å²) in [6.45, 7) is 24.1. The summed E-state index contributed by atoms with van der Waals surface area (Å²) in [5, 5.41) is 31.7. The molecule has 0 spiro atoms. The number of hydrogen-bond acceptors (Lipinski definition) is 14. The molecule has 12 heterocycles. The van der Waals surface area contributed by atoms with E-state index < -0.39 is 0 Å². The van der Waals surface area contributed by atoms with Crippen molar-refractivity contribution in [2.45, 2.75) is 154 Å². The first kappa shape index (κ1) is 75.2. The van der Waals surface area contributed by atoms with Crippen molar-refractivity contribution in [3.05, 3.63) is 95.3 Å². The Balaban J connectivity index is 0.000000177. The fraction of sp³-hybridized carbons (Fsp3) is 0.630. The van der Waals surface area contributed by atoms with Gasteiger partial charge < -0.3 is 61.9 Å². The number of aliphatic hydroxyl groups excluding tert-OH is 1. The van der Waals surface area contributed by atoms with Crippen molar-refractivity contribution in [3.63, 3.8) is 0 Å². The molecule has 6 aromatic rings. The van der Waals surface area contributed by atoms with E-state index in [1.54, 1.807) is 12.1 Å². The predicted octanol–water partition coefficient (Wildman–Crippen LogP) is 9.09. The minimum absolute atomic E-state index is 0. The van der Waals surface area contributed by atoms with Gasteiger partial charge in [0.1, 0.15) is 23.9 Å². The second-order valence-electron chi connectivity index (χ2n) is 28.2. The summed E-state index contributed by atoms with van der Waals surface area (Å²) in [6, 6.07) is 19.1. The first-order valence-electron chi connectivity index (χ1n) is 34.1. The van der Waals surface area contributed by atoms with E-state index in [0.29, 0.717) is 66.3 Å². The van der Waals surface area contributed by atoms with Crippen molar-refractivity contribution in [2.75, 3.05) is 114 Å². The number of piperidine rings is 6. The smallest absolute Gasteiger partial charge is 0.870 e. The molecule has 6 saturated heterocycles. The van der Waals surface area contributed by atoms with Gasteiger partial charge >= 0.3 is 41.6 Å². The summed E-state index contributed by atoms with van der Waals surface area (Å²) in [4.78, 5) is 46.2. The molecule has 3 aliphatic carbocycles. The molecule has 19 heteroatoms. The average Bonchev–Trinajstić information content (AvgIpc) is 1.55. The Hall–Kier alpha value is -4.21. The van der Waals surface area contributed by atoms with Gasteiger partial charge in [-0.2, -0.15) is 0 Å². The zero-order chi connectivity index (χ0) is 63.4. The molecule has 92 heavy (non-hydrogen) atoms. The molecule has 17 nitrogen and oxygen atoms in total. The molecular weight excluding hydrogens is 1190 g/mol. The van der Waals surface area contributed by atoms with E-state index in [2.05, 4.69) is 65.4 Å². The maximum Gasteiger partial charge on any atom is 1.00 e. The largest absolute Gasteiger partial charge is 1.00 e. The number of likely N-dealkylation sites (N-methyl/N-ethyl adjacent to an activating group) is 2. The van der Waals surface area contributed by atoms with Crippen LogP contribution < -0.4 is 34.3 Å². The van der Waals surface area contributed by atoms with Crippen molar-refractivity contribution in [2.24, 2.45) is 29.6 Å². The van der Waals surface area contributed by atoms with Crippen molar-refractivity contribution < 1.29 is 69.4 Å². The molecule has 9 fully saturated rings. The molecule has 18 rings (SSSR count). The van der Waals surface area contributed by atoms with Gasteiger partial charge in [0, 0.05) is 139 Å². The van der Waals surface area contributed by atoms with Gasteiger partial charge in [-0.15, -0.1) is 19.0 Å². The molecule has 0 amide bonds. The van der Waals surface area contributed by atoms with E-state index in [4.69, 9.17) is 14.6 Å². The third-order valence-corrected chi connectivity index (χ3v) is 21.2. The number of carbonyl (C=O) groups is 2. The number of carbonyl (C=O) groups excluding carboxylic acids is 2. The van der Waals surface area contributed by atoms with Crippen molar-refractivity contribution in [1.29, 1.82) is 0 Å². The molecule has 6 unspecified atom stereocenters. The minimum Gasteiger partial charge on any atom is -0.870 e. The first-order chi connectivity index (χ1) is 42.9. The predicted molar refractivity (Wildman–Crippen MR) is 369 cm³/mol. The van der Waals surface area contributed by atoms with Gasteiger partial charge in [-0.25, -0.2) is 9.36 Å². The van der Waals surface area contributed by atoms with Crippen LogP contribution in [-0.2, 0) is 28.8 Å². The number of phenols is 2. The molecule has 504 valence electrons. The van der Waals surface area contributed by atoms with Crippen LogP contribution in [0.1, 0.15) is 150 Å². The van der Waals surface area contributed by atoms with Crippen LogP contribution in [0.25, 0.3) is 32.7 Å². The molecule has 14 atom stereocenters. The summed E-state index contributed by atoms with van der Waals surface area (Å²) >= 11 is 0. The number of aromatic amines is 2. The Bertz CT molecular complexity index is 3360. The van der Waals surface area contributed by atoms with Crippen molar-refractivity contribution in [1.82, 2.24) is 43.9 Å². The summed E-state index contributed by atoms with van der Waals surface area (Å²) in [7, 11) is 11.8. The van der Waals surface area contributed by atoms with Gasteiger partial charge in [0.05, 0.1) is 12.1 Å². The van der Waals surface area contributed by atoms with Gasteiger partial charge in [0.15, 0.2) is 0 Å². The van der Waals surface area contributed by atoms with E-state index in [1.807, 2.05) is 98.0 Å². The molecule has 12 aliphatic rings. The summed E-state index contributed by atoms with van der Waals surface area (Å²) in [5.74, 6) is 6.71. The first-order valence-corrected chi connectivity index (χ1v) is 34.1. The Morgan fingerprint density at radius 3 is 1.67 bits per heavy atom. The molecular formula is C73H110ClN9NaO8-. The number of aromatic nitrogens is 3. The fourth-order valence-corrected chi connectivity index (χ4v) is 17.5. The van der Waals surface area contributed by atoms with Crippen LogP contribution in [0.2, 0.25) is 0 Å². The SMILES string of the molecule is CCC.CC[C@H]1C[C@H]2C[C@H]3c4[nH]c5ccc(OC(C)=O)cc5c4CCN(C2)C13.CC[C@H]1C[C@H]2C[C@H]3c4c(c5cc(O)ccc5n4C(=O)OCCN(C)C)CCN(C2)C13.CN(C)CCO.Cl.Oc1ccc2[nH]c3c(c2c1)CCN1C[C@H]2CCC1[C@H]3C2.[CH2-]CN(C)C.[Na+].[OH-]. The Kier molecular flexibility index (Phi) is 27.5. The van der Waals surface area contributed by atoms with E-state index in [1.165, 1.54) is 141 Å². The molecule has 9 aliphatic heterocycles. The Morgan fingerprint density at radius 2 is 1.13 bits per heavy atom. The number of fused-ring (bicyclic) bond motifs is 12. The number of hydrogen-bond donors (Lipinski definition) is 5. The number of benzene rings is 3. The fourth-order valence-electron chi connectivity index (χ4n) is 17.5. The topological polar surface area (TPSA) is 199 Å². The normalized spacial score (nSPS) is 27.7. The standard InChI is InChI=1S/C24H33N3O3.C21H26N2O2.C17H20N2O.C4H11NO.C4H10N.C3H8.ClH.Na.H2O/c1-4-16-11-15-12-20-22(16)26(14-15)8-7-18-19-13-17(28)5-6-21(19)27(23(18)20)24(29)30-10-9-25(2)3;1-3-14-8-13-9-18-20-16(6-7-23(11-13)21(14)18)17-10-15(25-12(2)24)4-5-19(17)22-20;20-11-2-3-15-13(8-11)12-5-6-19-9-10-1-4-16(19)14(7-10)17(12)18-15;1-5(2)3-4-6;1-4-5(2)3;1-3-2;;;/h5-6,13,15-16,20,22,28H,4,7-12,14H2,1-3H3;4-5,10,13-14,18,21-22H,3,6-9,11H2,1-2H3;2-3,8,10,14,16,18,20H,1,4-7,9H2;6H,3-4H2,1-2H3;1,4H2,2-3H3;3H2,1-2H3;1H;;1H2/q;;;;-1;;;+1;/p-1/t15-,16-,20+,22?;13-,14-,18-,21?;10-,14+,16?;;;;;;/m000....../s1. The number of aromatic hydroxyl groups is 2. The molecule has 0 radical (unpaired) electrons. The van der Waals surface area contributed by atoms with Gasteiger partial charge in [-0.05, 0) is 207 Å². The van der Waals surface area contributed by atoms with E-state index in [9.17, 15) is 19.8 Å². The van der Waals surface area contributed by atoms with Crippen LogP contribution >= 0.6 is 12.4 Å². The number of nitrogens with one attached hydrogen (secondary N) is 2. The van der Waals surface area contributed by atoms with Crippen LogP contribution in [-0.4, -0.2) is 209 Å². The van der Waals surface area contributed by atoms with E-state index in [0.717, 1.165) is 92.3 Å². The molecule has 6 N–H and O–H groups in total. The number of rotatable bonds is 9. The zero-order valence-corrected chi connectivity index (χ0v) is 60.5. The second kappa shape index (κ2) is 33.6. The van der Waals surface area contributed by atoms with Gasteiger partial charge in [-0.1, -0.05) is 47.0 Å². The van der Waals surface area contributed by atoms with Crippen LogP contribution in [0.4, 0.5) is 4.79 Å². The summed E-state index contributed by atoms with van der Waals surface area (Å²) in [6.07, 6.45) is 16.0. The molecule has 3 aromatic carbocycles. The van der Waals surface area contributed by atoms with Gasteiger partial charge in [0.25, 0.3) is 0 Å². The molecule has 3 aromatic heterocycles. The van der Waals surface area contributed by atoms with Crippen LogP contribution in [0.5, 0.6) is 17.2 Å². The number of aliphatic hydroxyl groups is 1. The minimum atomic E-state index is -0.281. The average molecular weight is 1300 g/mol. The van der Waals surface area contributed by atoms with E-state index in [-0.39, 0.29) is 71.9 Å². The maximum atomic E-state index is 13.3. The van der Waals surface area contributed by atoms with Crippen LogP contribution in [0.15, 0.2) is 54.6 Å². The monoisotopic (exact) mass is 1300 g/mol. The number of esters is 1. The quantitative estimate of drug-likeness (QED) is 0.0398. The Morgan fingerprint density at radius 1 is 0.630 bits per heavy atom. The maximum absolute atomic E-state index is 13.3. The molecule has 3 saturated carbocycles. The number of phenolic OH excluding ortho intramolecular Hbond substituents is 2. The van der Waals surface area contributed by atoms with Gasteiger partial charge in [-0.3, -0.25) is 19.5 Å². The summed E-state index contributed by atoms with van der Waals surface area (Å²) in [5.41, 5.74) is 11.5. The van der Waals surface area contributed by atoms with E-state index >= 15 is 0 Å². The Labute approximate surface area is 577 Å². The van der Waals surface area contributed by atoms with Crippen molar-refractivity contribution in [3.8, 4) is 17.2 Å². The third-order valence-electron chi connectivity index (χ3n) is 21.2. The zero-order valence-electron chi connectivity index (χ0n) is 57.7.